The Kier molecular flexibility index (Phi) is 4.03. The Bertz CT molecular complexity index is 550. The first-order valence-electron chi connectivity index (χ1n) is 7.28. The molecule has 2 nitrogen and oxygen atoms in total. The molecule has 0 saturated carbocycles. The van der Waals surface area contributed by atoms with Crippen LogP contribution in [-0.4, -0.2) is 17.8 Å². The van der Waals surface area contributed by atoms with Crippen LogP contribution >= 0.6 is 0 Å². The first kappa shape index (κ1) is 13.2. The number of aliphatic hydroxyl groups excluding tert-OH is 1. The summed E-state index contributed by atoms with van der Waals surface area (Å²) in [5.41, 5.74) is 2.49. The summed E-state index contributed by atoms with van der Waals surface area (Å²) in [5.74, 6) is 1.06. The van der Waals surface area contributed by atoms with E-state index in [-0.39, 0.29) is 12.0 Å². The first-order valence-corrected chi connectivity index (χ1v) is 7.28. The maximum absolute atomic E-state index is 10.4. The lowest BCUT2D eigenvalue weighted by Gasteiger charge is -2.17. The van der Waals surface area contributed by atoms with Crippen LogP contribution in [0.4, 0.5) is 0 Å². The van der Waals surface area contributed by atoms with E-state index >= 15 is 0 Å². The third-order valence-electron chi connectivity index (χ3n) is 4.01. The minimum Gasteiger partial charge on any atom is -0.493 e. The highest BCUT2D eigenvalue weighted by Crippen LogP contribution is 2.36. The highest BCUT2D eigenvalue weighted by molar-refractivity contribution is 5.40. The fourth-order valence-electron chi connectivity index (χ4n) is 2.87. The summed E-state index contributed by atoms with van der Waals surface area (Å²) in [7, 11) is 0. The van der Waals surface area contributed by atoms with Crippen LogP contribution in [0.3, 0.4) is 0 Å². The highest BCUT2D eigenvalue weighted by Gasteiger charge is 2.29. The predicted molar refractivity (Wildman–Crippen MR) is 80.1 cm³/mol. The molecular formula is C18H20O2. The molecule has 1 heterocycles. The van der Waals surface area contributed by atoms with Crippen molar-refractivity contribution in [1.29, 1.82) is 0 Å². The molecule has 2 aromatic rings. The van der Waals surface area contributed by atoms with E-state index in [0.29, 0.717) is 6.61 Å². The van der Waals surface area contributed by atoms with E-state index < -0.39 is 0 Å². The molecule has 1 N–H and O–H groups in total. The van der Waals surface area contributed by atoms with Gasteiger partial charge in [-0.15, -0.1) is 0 Å². The molecular weight excluding hydrogens is 248 g/mol. The lowest BCUT2D eigenvalue weighted by molar-refractivity contribution is 0.118. The second-order valence-corrected chi connectivity index (χ2v) is 5.40. The molecule has 0 fully saturated rings. The summed E-state index contributed by atoms with van der Waals surface area (Å²) in [6.45, 7) is 0.603. The van der Waals surface area contributed by atoms with Gasteiger partial charge in [0, 0.05) is 11.5 Å². The van der Waals surface area contributed by atoms with Crippen molar-refractivity contribution in [2.75, 3.05) is 6.61 Å². The van der Waals surface area contributed by atoms with Crippen molar-refractivity contribution in [2.45, 2.75) is 31.3 Å². The number of aliphatic hydroxyl groups is 1. The van der Waals surface area contributed by atoms with Crippen molar-refractivity contribution >= 4 is 0 Å². The van der Waals surface area contributed by atoms with Gasteiger partial charge in [-0.05, 0) is 30.9 Å². The lowest BCUT2D eigenvalue weighted by Crippen LogP contribution is -2.20. The fourth-order valence-corrected chi connectivity index (χ4v) is 2.87. The molecule has 0 bridgehead atoms. The zero-order chi connectivity index (χ0) is 13.8. The van der Waals surface area contributed by atoms with Crippen LogP contribution in [0.1, 0.15) is 29.9 Å². The number of hydrogen-bond donors (Lipinski definition) is 1. The topological polar surface area (TPSA) is 29.5 Å². The number of aryl methyl sites for hydroxylation is 1. The molecule has 1 aliphatic rings. The largest absolute Gasteiger partial charge is 0.493 e. The summed E-state index contributed by atoms with van der Waals surface area (Å²) in [6.07, 6.45) is 2.52. The maximum Gasteiger partial charge on any atom is 0.123 e. The van der Waals surface area contributed by atoms with Gasteiger partial charge in [-0.25, -0.2) is 0 Å². The number of hydrogen-bond acceptors (Lipinski definition) is 2. The second-order valence-electron chi connectivity index (χ2n) is 5.40. The smallest absolute Gasteiger partial charge is 0.123 e. The van der Waals surface area contributed by atoms with Crippen LogP contribution < -0.4 is 4.74 Å². The van der Waals surface area contributed by atoms with Crippen LogP contribution in [-0.2, 0) is 6.42 Å². The van der Waals surface area contributed by atoms with Crippen LogP contribution in [0.25, 0.3) is 0 Å². The fraction of sp³-hybridized carbons (Fsp3) is 0.333. The van der Waals surface area contributed by atoms with Crippen LogP contribution in [0.2, 0.25) is 0 Å². The minimum atomic E-state index is -0.317. The van der Waals surface area contributed by atoms with Gasteiger partial charge in [-0.3, -0.25) is 0 Å². The Morgan fingerprint density at radius 2 is 1.80 bits per heavy atom. The van der Waals surface area contributed by atoms with Crippen molar-refractivity contribution in [2.24, 2.45) is 0 Å². The van der Waals surface area contributed by atoms with E-state index in [2.05, 4.69) is 30.3 Å². The molecule has 20 heavy (non-hydrogen) atoms. The molecule has 2 aromatic carbocycles. The molecule has 2 unspecified atom stereocenters. The standard InChI is InChI=1S/C18H20O2/c19-17(11-6-9-14-7-2-1-3-8-14)16-13-20-18-12-5-4-10-15(16)18/h1-5,7-8,10,12,16-17,19H,6,9,11,13H2. The lowest BCUT2D eigenvalue weighted by atomic mass is 9.92. The van der Waals surface area contributed by atoms with Gasteiger partial charge >= 0.3 is 0 Å². The van der Waals surface area contributed by atoms with Crippen molar-refractivity contribution in [3.63, 3.8) is 0 Å². The third-order valence-corrected chi connectivity index (χ3v) is 4.01. The Balaban J connectivity index is 1.54. The van der Waals surface area contributed by atoms with Crippen molar-refractivity contribution in [3.05, 3.63) is 65.7 Å². The predicted octanol–water partition coefficient (Wildman–Crippen LogP) is 3.55. The summed E-state index contributed by atoms with van der Waals surface area (Å²) < 4.78 is 5.64. The maximum atomic E-state index is 10.4. The molecule has 0 spiro atoms. The molecule has 104 valence electrons. The van der Waals surface area contributed by atoms with E-state index in [1.54, 1.807) is 0 Å². The Morgan fingerprint density at radius 3 is 2.65 bits per heavy atom. The van der Waals surface area contributed by atoms with Gasteiger partial charge in [0.2, 0.25) is 0 Å². The van der Waals surface area contributed by atoms with E-state index in [9.17, 15) is 5.11 Å². The molecule has 0 amide bonds. The highest BCUT2D eigenvalue weighted by atomic mass is 16.5. The third kappa shape index (κ3) is 2.86. The Hall–Kier alpha value is -1.80. The van der Waals surface area contributed by atoms with Gasteiger partial charge in [-0.2, -0.15) is 0 Å². The molecule has 0 saturated heterocycles. The zero-order valence-electron chi connectivity index (χ0n) is 11.5. The zero-order valence-corrected chi connectivity index (χ0v) is 11.5. The molecule has 2 atom stereocenters. The average molecular weight is 268 g/mol. The van der Waals surface area contributed by atoms with E-state index in [4.69, 9.17) is 4.74 Å². The van der Waals surface area contributed by atoms with Crippen LogP contribution in [0.15, 0.2) is 54.6 Å². The van der Waals surface area contributed by atoms with Gasteiger partial charge in [0.1, 0.15) is 5.75 Å². The quantitative estimate of drug-likeness (QED) is 0.898. The summed E-state index contributed by atoms with van der Waals surface area (Å²) in [5, 5.41) is 10.4. The van der Waals surface area contributed by atoms with E-state index in [0.717, 1.165) is 30.6 Å². The summed E-state index contributed by atoms with van der Waals surface area (Å²) in [6, 6.07) is 18.5. The van der Waals surface area contributed by atoms with Crippen molar-refractivity contribution < 1.29 is 9.84 Å². The number of para-hydroxylation sites is 1. The SMILES string of the molecule is OC(CCCc1ccccc1)C1COc2ccccc21. The summed E-state index contributed by atoms with van der Waals surface area (Å²) in [4.78, 5) is 0. The minimum absolute atomic E-state index is 0.127. The molecule has 0 aliphatic carbocycles. The molecule has 0 aromatic heterocycles. The first-order chi connectivity index (χ1) is 9.84. The van der Waals surface area contributed by atoms with Crippen molar-refractivity contribution in [3.8, 4) is 5.75 Å². The number of rotatable bonds is 5. The average Bonchev–Trinajstić information content (AvgIpc) is 2.92. The molecule has 3 rings (SSSR count). The second kappa shape index (κ2) is 6.10. The van der Waals surface area contributed by atoms with Gasteiger partial charge in [-0.1, -0.05) is 48.5 Å². The molecule has 2 heteroatoms. The monoisotopic (exact) mass is 268 g/mol. The number of ether oxygens (including phenoxy) is 1. The normalized spacial score (nSPS) is 18.4. The van der Waals surface area contributed by atoms with Gasteiger partial charge in [0.05, 0.1) is 12.7 Å². The van der Waals surface area contributed by atoms with Crippen LogP contribution in [0.5, 0.6) is 5.75 Å². The summed E-state index contributed by atoms with van der Waals surface area (Å²) >= 11 is 0. The van der Waals surface area contributed by atoms with Gasteiger partial charge in [0.25, 0.3) is 0 Å². The van der Waals surface area contributed by atoms with E-state index in [1.165, 1.54) is 5.56 Å². The van der Waals surface area contributed by atoms with Crippen LogP contribution in [0, 0.1) is 0 Å². The Labute approximate surface area is 120 Å². The van der Waals surface area contributed by atoms with Crippen molar-refractivity contribution in [1.82, 2.24) is 0 Å². The van der Waals surface area contributed by atoms with E-state index in [1.807, 2.05) is 24.3 Å². The molecule has 1 aliphatic heterocycles. The van der Waals surface area contributed by atoms with Gasteiger partial charge in [0.15, 0.2) is 0 Å². The number of benzene rings is 2. The molecule has 0 radical (unpaired) electrons. The Morgan fingerprint density at radius 1 is 1.05 bits per heavy atom. The van der Waals surface area contributed by atoms with Gasteiger partial charge < -0.3 is 9.84 Å². The number of fused-ring (bicyclic) bond motifs is 1.